The van der Waals surface area contributed by atoms with Crippen molar-refractivity contribution in [1.29, 1.82) is 0 Å². The highest BCUT2D eigenvalue weighted by Crippen LogP contribution is 2.22. The van der Waals surface area contributed by atoms with Gasteiger partial charge in [0.05, 0.1) is 18.1 Å². The molecule has 0 radical (unpaired) electrons. The van der Waals surface area contributed by atoms with Crippen LogP contribution >= 0.6 is 0 Å². The van der Waals surface area contributed by atoms with Gasteiger partial charge in [-0.3, -0.25) is 4.79 Å². The highest BCUT2D eigenvalue weighted by Gasteiger charge is 2.11. The molecule has 1 amide bonds. The highest BCUT2D eigenvalue weighted by atomic mass is 16.5. The van der Waals surface area contributed by atoms with E-state index in [1.54, 1.807) is 23.9 Å². The Morgan fingerprint density at radius 1 is 1.15 bits per heavy atom. The van der Waals surface area contributed by atoms with E-state index in [4.69, 9.17) is 4.74 Å². The van der Waals surface area contributed by atoms with Crippen LogP contribution in [0.2, 0.25) is 0 Å². The van der Waals surface area contributed by atoms with Crippen LogP contribution in [0.15, 0.2) is 48.5 Å². The molecule has 0 aliphatic rings. The monoisotopic (exact) mass is 347 g/mol. The molecular weight excluding hydrogens is 330 g/mol. The van der Waals surface area contributed by atoms with Gasteiger partial charge in [0.25, 0.3) is 5.91 Å². The summed E-state index contributed by atoms with van der Waals surface area (Å²) in [4.78, 5) is 17.0. The highest BCUT2D eigenvalue weighted by molar-refractivity contribution is 5.97. The SMILES string of the molecule is COc1cc(CNC(=O)c2ccc3c(c2)nnn3C)c2ccccc2n1. The minimum atomic E-state index is -0.169. The summed E-state index contributed by atoms with van der Waals surface area (Å²) in [5.41, 5.74) is 3.89. The fraction of sp³-hybridized carbons (Fsp3) is 0.158. The second-order valence-corrected chi connectivity index (χ2v) is 5.94. The lowest BCUT2D eigenvalue weighted by atomic mass is 10.1. The number of para-hydroxylation sites is 1. The summed E-state index contributed by atoms with van der Waals surface area (Å²) in [6, 6.07) is 15.0. The number of nitrogens with one attached hydrogen (secondary N) is 1. The number of nitrogens with zero attached hydrogens (tertiary/aromatic N) is 4. The molecule has 26 heavy (non-hydrogen) atoms. The first-order valence-corrected chi connectivity index (χ1v) is 8.16. The van der Waals surface area contributed by atoms with Crippen molar-refractivity contribution in [2.45, 2.75) is 6.54 Å². The molecule has 0 aliphatic heterocycles. The van der Waals surface area contributed by atoms with Crippen LogP contribution in [0.3, 0.4) is 0 Å². The number of hydrogen-bond acceptors (Lipinski definition) is 5. The van der Waals surface area contributed by atoms with Gasteiger partial charge in [0.15, 0.2) is 0 Å². The average molecular weight is 347 g/mol. The van der Waals surface area contributed by atoms with Gasteiger partial charge >= 0.3 is 0 Å². The molecule has 1 N–H and O–H groups in total. The van der Waals surface area contributed by atoms with E-state index < -0.39 is 0 Å². The molecule has 7 nitrogen and oxygen atoms in total. The largest absolute Gasteiger partial charge is 0.481 e. The summed E-state index contributed by atoms with van der Waals surface area (Å²) in [6.45, 7) is 0.372. The first-order chi connectivity index (χ1) is 12.7. The lowest BCUT2D eigenvalue weighted by molar-refractivity contribution is 0.0951. The molecule has 0 fully saturated rings. The molecule has 7 heteroatoms. The maximum atomic E-state index is 12.5. The van der Waals surface area contributed by atoms with Crippen molar-refractivity contribution >= 4 is 27.8 Å². The molecule has 0 bridgehead atoms. The number of aromatic nitrogens is 4. The number of fused-ring (bicyclic) bond motifs is 2. The van der Waals surface area contributed by atoms with Gasteiger partial charge in [-0.15, -0.1) is 5.10 Å². The summed E-state index contributed by atoms with van der Waals surface area (Å²) in [5, 5.41) is 11.9. The number of amides is 1. The molecule has 2 aromatic heterocycles. The quantitative estimate of drug-likeness (QED) is 0.613. The standard InChI is InChI=1S/C19H17N5O2/c1-24-17-8-7-12(9-16(17)22-23-24)19(25)20-11-13-10-18(26-2)21-15-6-4-3-5-14(13)15/h3-10H,11H2,1-2H3,(H,20,25). The molecular formula is C19H17N5O2. The van der Waals surface area contributed by atoms with Crippen LogP contribution in [0.5, 0.6) is 5.88 Å². The number of rotatable bonds is 4. The summed E-state index contributed by atoms with van der Waals surface area (Å²) in [6.07, 6.45) is 0. The van der Waals surface area contributed by atoms with Crippen molar-refractivity contribution in [3.8, 4) is 5.88 Å². The average Bonchev–Trinajstić information content (AvgIpc) is 3.05. The van der Waals surface area contributed by atoms with Gasteiger partial charge in [-0.2, -0.15) is 0 Å². The van der Waals surface area contributed by atoms with Crippen molar-refractivity contribution in [3.63, 3.8) is 0 Å². The fourth-order valence-corrected chi connectivity index (χ4v) is 2.93. The Kier molecular flexibility index (Phi) is 3.96. The van der Waals surface area contributed by atoms with Crippen LogP contribution in [-0.2, 0) is 13.6 Å². The third-order valence-corrected chi connectivity index (χ3v) is 4.30. The lowest BCUT2D eigenvalue weighted by Crippen LogP contribution is -2.23. The Hall–Kier alpha value is -3.48. The number of carbonyl (C=O) groups is 1. The molecule has 0 unspecified atom stereocenters. The fourth-order valence-electron chi connectivity index (χ4n) is 2.93. The van der Waals surface area contributed by atoms with E-state index >= 15 is 0 Å². The number of ether oxygens (including phenoxy) is 1. The van der Waals surface area contributed by atoms with Crippen molar-refractivity contribution in [1.82, 2.24) is 25.3 Å². The summed E-state index contributed by atoms with van der Waals surface area (Å²) in [5.74, 6) is 0.353. The third kappa shape index (κ3) is 2.83. The second kappa shape index (κ2) is 6.44. The van der Waals surface area contributed by atoms with Crippen LogP contribution in [0.4, 0.5) is 0 Å². The molecule has 2 aromatic carbocycles. The number of pyridine rings is 1. The van der Waals surface area contributed by atoms with Gasteiger partial charge in [0.1, 0.15) is 5.52 Å². The molecule has 2 heterocycles. The van der Waals surface area contributed by atoms with Crippen molar-refractivity contribution in [2.24, 2.45) is 7.05 Å². The van der Waals surface area contributed by atoms with Gasteiger partial charge in [-0.05, 0) is 29.8 Å². The minimum Gasteiger partial charge on any atom is -0.481 e. The van der Waals surface area contributed by atoms with Crippen molar-refractivity contribution in [2.75, 3.05) is 7.11 Å². The zero-order valence-corrected chi connectivity index (χ0v) is 14.4. The number of carbonyl (C=O) groups excluding carboxylic acids is 1. The van der Waals surface area contributed by atoms with E-state index in [-0.39, 0.29) is 5.91 Å². The molecule has 0 spiro atoms. The van der Waals surface area contributed by atoms with Crippen LogP contribution in [0.25, 0.3) is 21.9 Å². The van der Waals surface area contributed by atoms with Crippen LogP contribution in [0, 0.1) is 0 Å². The lowest BCUT2D eigenvalue weighted by Gasteiger charge is -2.10. The van der Waals surface area contributed by atoms with E-state index in [0.717, 1.165) is 22.0 Å². The van der Waals surface area contributed by atoms with Crippen LogP contribution < -0.4 is 10.1 Å². The minimum absolute atomic E-state index is 0.169. The zero-order valence-electron chi connectivity index (χ0n) is 14.4. The molecule has 4 rings (SSSR count). The van der Waals surface area contributed by atoms with E-state index in [2.05, 4.69) is 20.6 Å². The number of hydrogen-bond donors (Lipinski definition) is 1. The predicted octanol–water partition coefficient (Wildman–Crippen LogP) is 2.46. The number of methoxy groups -OCH3 is 1. The molecule has 0 aliphatic carbocycles. The summed E-state index contributed by atoms with van der Waals surface area (Å²) in [7, 11) is 3.40. The third-order valence-electron chi connectivity index (χ3n) is 4.30. The van der Waals surface area contributed by atoms with E-state index in [9.17, 15) is 4.79 Å². The molecule has 130 valence electrons. The number of benzene rings is 2. The second-order valence-electron chi connectivity index (χ2n) is 5.94. The first-order valence-electron chi connectivity index (χ1n) is 8.16. The van der Waals surface area contributed by atoms with E-state index in [0.29, 0.717) is 23.5 Å². The maximum absolute atomic E-state index is 12.5. The Morgan fingerprint density at radius 2 is 2.00 bits per heavy atom. The zero-order chi connectivity index (χ0) is 18.1. The summed E-state index contributed by atoms with van der Waals surface area (Å²) >= 11 is 0. The molecule has 4 aromatic rings. The van der Waals surface area contributed by atoms with Gasteiger partial charge < -0.3 is 10.1 Å². The topological polar surface area (TPSA) is 81.9 Å². The van der Waals surface area contributed by atoms with Crippen molar-refractivity contribution < 1.29 is 9.53 Å². The summed E-state index contributed by atoms with van der Waals surface area (Å²) < 4.78 is 6.94. The van der Waals surface area contributed by atoms with E-state index in [1.807, 2.05) is 43.4 Å². The Morgan fingerprint density at radius 3 is 2.85 bits per heavy atom. The molecule has 0 saturated carbocycles. The van der Waals surface area contributed by atoms with E-state index in [1.165, 1.54) is 0 Å². The Labute approximate surface area is 149 Å². The maximum Gasteiger partial charge on any atom is 0.251 e. The Balaban J connectivity index is 1.59. The normalized spacial score (nSPS) is 11.0. The van der Waals surface area contributed by atoms with Gasteiger partial charge in [0.2, 0.25) is 5.88 Å². The Bertz CT molecular complexity index is 1120. The number of aryl methyl sites for hydroxylation is 1. The van der Waals surface area contributed by atoms with Gasteiger partial charge in [0, 0.05) is 30.6 Å². The molecule has 0 atom stereocenters. The van der Waals surface area contributed by atoms with Crippen molar-refractivity contribution in [3.05, 3.63) is 59.7 Å². The van der Waals surface area contributed by atoms with Gasteiger partial charge in [-0.1, -0.05) is 23.4 Å². The predicted molar refractivity (Wildman–Crippen MR) is 98.0 cm³/mol. The van der Waals surface area contributed by atoms with Crippen LogP contribution in [-0.4, -0.2) is 33.0 Å². The van der Waals surface area contributed by atoms with Gasteiger partial charge in [-0.25, -0.2) is 9.67 Å². The van der Waals surface area contributed by atoms with Crippen LogP contribution in [0.1, 0.15) is 15.9 Å². The molecule has 0 saturated heterocycles. The smallest absolute Gasteiger partial charge is 0.251 e. The first kappa shape index (κ1) is 16.0.